The van der Waals surface area contributed by atoms with Crippen LogP contribution in [-0.2, 0) is 6.54 Å². The standard InChI is InChI=1S/C17H20N4O3/c1-3-9-20-16(23)14(15(22)18-12-7-8-12)19-21(17(20)24)13-6-4-5-11(2)10-13/h4-6,10,12H,3,7-9H2,1-2H3,(H,18,22). The summed E-state index contributed by atoms with van der Waals surface area (Å²) in [5.41, 5.74) is 0.0829. The Labute approximate surface area is 138 Å². The molecule has 1 aromatic heterocycles. The molecule has 1 aliphatic carbocycles. The number of hydrogen-bond donors (Lipinski definition) is 1. The normalized spacial score (nSPS) is 13.8. The molecule has 0 bridgehead atoms. The van der Waals surface area contributed by atoms with Gasteiger partial charge in [-0.1, -0.05) is 19.1 Å². The average molecular weight is 328 g/mol. The van der Waals surface area contributed by atoms with E-state index in [2.05, 4.69) is 10.4 Å². The molecule has 1 amide bonds. The van der Waals surface area contributed by atoms with Crippen LogP contribution >= 0.6 is 0 Å². The quantitative estimate of drug-likeness (QED) is 0.887. The van der Waals surface area contributed by atoms with Crippen LogP contribution < -0.4 is 16.6 Å². The summed E-state index contributed by atoms with van der Waals surface area (Å²) in [6.07, 6.45) is 2.43. The van der Waals surface area contributed by atoms with Gasteiger partial charge in [0.05, 0.1) is 5.69 Å². The van der Waals surface area contributed by atoms with E-state index in [9.17, 15) is 14.4 Å². The number of carbonyl (C=O) groups is 1. The fourth-order valence-electron chi connectivity index (χ4n) is 2.49. The second-order valence-electron chi connectivity index (χ2n) is 6.09. The number of aryl methyl sites for hydroxylation is 1. The summed E-state index contributed by atoms with van der Waals surface area (Å²) in [5, 5.41) is 6.83. The highest BCUT2D eigenvalue weighted by Gasteiger charge is 2.27. The van der Waals surface area contributed by atoms with Crippen molar-refractivity contribution in [3.8, 4) is 5.69 Å². The topological polar surface area (TPSA) is 86.0 Å². The maximum absolute atomic E-state index is 12.6. The molecule has 2 aromatic rings. The van der Waals surface area contributed by atoms with Gasteiger partial charge in [0.25, 0.3) is 11.5 Å². The zero-order valence-electron chi connectivity index (χ0n) is 13.8. The van der Waals surface area contributed by atoms with Crippen molar-refractivity contribution in [1.29, 1.82) is 0 Å². The number of aromatic nitrogens is 3. The summed E-state index contributed by atoms with van der Waals surface area (Å²) in [5.74, 6) is -0.520. The third kappa shape index (κ3) is 3.15. The molecular weight excluding hydrogens is 308 g/mol. The monoisotopic (exact) mass is 328 g/mol. The molecule has 7 nitrogen and oxygen atoms in total. The highest BCUT2D eigenvalue weighted by atomic mass is 16.2. The van der Waals surface area contributed by atoms with Gasteiger partial charge in [-0.15, -0.1) is 0 Å². The second-order valence-corrected chi connectivity index (χ2v) is 6.09. The minimum atomic E-state index is -0.635. The Morgan fingerprint density at radius 3 is 2.71 bits per heavy atom. The molecule has 1 saturated carbocycles. The minimum absolute atomic E-state index is 0.109. The highest BCUT2D eigenvalue weighted by molar-refractivity contribution is 5.92. The van der Waals surface area contributed by atoms with Crippen molar-refractivity contribution < 1.29 is 4.79 Å². The van der Waals surface area contributed by atoms with Crippen LogP contribution in [0.2, 0.25) is 0 Å². The second kappa shape index (κ2) is 6.43. The molecule has 126 valence electrons. The summed E-state index contributed by atoms with van der Waals surface area (Å²) in [4.78, 5) is 37.5. The molecule has 0 saturated heterocycles. The Kier molecular flexibility index (Phi) is 4.33. The summed E-state index contributed by atoms with van der Waals surface area (Å²) >= 11 is 0. The zero-order chi connectivity index (χ0) is 17.3. The van der Waals surface area contributed by atoms with Gasteiger partial charge in [0, 0.05) is 12.6 Å². The highest BCUT2D eigenvalue weighted by Crippen LogP contribution is 2.18. The lowest BCUT2D eigenvalue weighted by atomic mass is 10.2. The molecule has 1 fully saturated rings. The predicted octanol–water partition coefficient (Wildman–Crippen LogP) is 1.00. The lowest BCUT2D eigenvalue weighted by molar-refractivity contribution is 0.0941. The molecule has 1 aliphatic rings. The van der Waals surface area contributed by atoms with Gasteiger partial charge in [-0.3, -0.25) is 14.2 Å². The molecule has 3 rings (SSSR count). The zero-order valence-corrected chi connectivity index (χ0v) is 13.8. The SMILES string of the molecule is CCCn1c(=O)c(C(=O)NC2CC2)nn(-c2cccc(C)c2)c1=O. The molecule has 0 aliphatic heterocycles. The van der Waals surface area contributed by atoms with Gasteiger partial charge in [-0.05, 0) is 43.9 Å². The summed E-state index contributed by atoms with van der Waals surface area (Å²) in [6, 6.07) is 7.33. The first-order chi connectivity index (χ1) is 11.5. The Balaban J connectivity index is 2.17. The van der Waals surface area contributed by atoms with Crippen molar-refractivity contribution in [1.82, 2.24) is 19.7 Å². The third-order valence-corrected chi connectivity index (χ3v) is 3.88. The van der Waals surface area contributed by atoms with Gasteiger partial charge in [0.1, 0.15) is 0 Å². The molecule has 0 radical (unpaired) electrons. The van der Waals surface area contributed by atoms with E-state index in [1.165, 1.54) is 0 Å². The summed E-state index contributed by atoms with van der Waals surface area (Å²) in [7, 11) is 0. The molecule has 7 heteroatoms. The van der Waals surface area contributed by atoms with E-state index in [0.717, 1.165) is 27.7 Å². The molecule has 0 unspecified atom stereocenters. The number of rotatable bonds is 5. The lowest BCUT2D eigenvalue weighted by Gasteiger charge is -2.11. The van der Waals surface area contributed by atoms with Gasteiger partial charge in [-0.25, -0.2) is 4.79 Å². The Bertz CT molecular complexity index is 893. The molecule has 24 heavy (non-hydrogen) atoms. The maximum atomic E-state index is 12.6. The number of hydrogen-bond acceptors (Lipinski definition) is 4. The number of nitrogens with one attached hydrogen (secondary N) is 1. The lowest BCUT2D eigenvalue weighted by Crippen LogP contribution is -2.46. The van der Waals surface area contributed by atoms with Crippen LogP contribution in [0.1, 0.15) is 42.2 Å². The first-order valence-corrected chi connectivity index (χ1v) is 8.13. The number of amides is 1. The van der Waals surface area contributed by atoms with Gasteiger partial charge in [0.15, 0.2) is 0 Å². The Morgan fingerprint density at radius 1 is 1.33 bits per heavy atom. The predicted molar refractivity (Wildman–Crippen MR) is 89.6 cm³/mol. The molecule has 0 atom stereocenters. The molecular formula is C17H20N4O3. The van der Waals surface area contributed by atoms with Crippen molar-refractivity contribution in [2.24, 2.45) is 0 Å². The summed E-state index contributed by atoms with van der Waals surface area (Å²) < 4.78 is 2.21. The van der Waals surface area contributed by atoms with E-state index in [0.29, 0.717) is 12.1 Å². The van der Waals surface area contributed by atoms with E-state index in [1.54, 1.807) is 18.2 Å². The van der Waals surface area contributed by atoms with E-state index in [4.69, 9.17) is 0 Å². The third-order valence-electron chi connectivity index (χ3n) is 3.88. The van der Waals surface area contributed by atoms with Crippen molar-refractivity contribution in [2.45, 2.75) is 45.7 Å². The van der Waals surface area contributed by atoms with Crippen molar-refractivity contribution in [3.63, 3.8) is 0 Å². The maximum Gasteiger partial charge on any atom is 0.352 e. The number of nitrogens with zero attached hydrogens (tertiary/aromatic N) is 3. The van der Waals surface area contributed by atoms with Crippen LogP contribution in [0.15, 0.2) is 33.9 Å². The van der Waals surface area contributed by atoms with Crippen LogP contribution in [0.4, 0.5) is 0 Å². The first-order valence-electron chi connectivity index (χ1n) is 8.13. The molecule has 1 N–H and O–H groups in total. The minimum Gasteiger partial charge on any atom is -0.348 e. The summed E-state index contributed by atoms with van der Waals surface area (Å²) in [6.45, 7) is 4.01. The molecule has 1 aromatic carbocycles. The van der Waals surface area contributed by atoms with Crippen molar-refractivity contribution >= 4 is 5.91 Å². The average Bonchev–Trinajstić information content (AvgIpc) is 3.35. The van der Waals surface area contributed by atoms with Crippen molar-refractivity contribution in [2.75, 3.05) is 0 Å². The van der Waals surface area contributed by atoms with E-state index in [-0.39, 0.29) is 18.3 Å². The largest absolute Gasteiger partial charge is 0.352 e. The Morgan fingerprint density at radius 2 is 2.08 bits per heavy atom. The van der Waals surface area contributed by atoms with Gasteiger partial charge >= 0.3 is 5.69 Å². The van der Waals surface area contributed by atoms with Gasteiger partial charge in [0.2, 0.25) is 5.69 Å². The van der Waals surface area contributed by atoms with Gasteiger partial charge < -0.3 is 5.32 Å². The van der Waals surface area contributed by atoms with E-state index in [1.807, 2.05) is 19.9 Å². The smallest absolute Gasteiger partial charge is 0.348 e. The van der Waals surface area contributed by atoms with Crippen LogP contribution in [-0.4, -0.2) is 26.3 Å². The van der Waals surface area contributed by atoms with Crippen LogP contribution in [0.5, 0.6) is 0 Å². The molecule has 0 spiro atoms. The van der Waals surface area contributed by atoms with E-state index < -0.39 is 17.2 Å². The van der Waals surface area contributed by atoms with Gasteiger partial charge in [-0.2, -0.15) is 9.78 Å². The van der Waals surface area contributed by atoms with E-state index >= 15 is 0 Å². The fraction of sp³-hybridized carbons (Fsp3) is 0.412. The molecule has 1 heterocycles. The van der Waals surface area contributed by atoms with Crippen LogP contribution in [0, 0.1) is 6.92 Å². The Hall–Kier alpha value is -2.70. The van der Waals surface area contributed by atoms with Crippen LogP contribution in [0.3, 0.4) is 0 Å². The van der Waals surface area contributed by atoms with Crippen LogP contribution in [0.25, 0.3) is 5.69 Å². The number of carbonyl (C=O) groups excluding carboxylic acids is 1. The fourth-order valence-corrected chi connectivity index (χ4v) is 2.49. The number of benzene rings is 1. The first kappa shape index (κ1) is 16.2. The van der Waals surface area contributed by atoms with Crippen molar-refractivity contribution in [3.05, 3.63) is 56.4 Å².